The van der Waals surface area contributed by atoms with Crippen molar-refractivity contribution in [2.45, 2.75) is 40.8 Å². The summed E-state index contributed by atoms with van der Waals surface area (Å²) in [5.41, 5.74) is 4.66. The maximum Gasteiger partial charge on any atom is 0.150 e. The summed E-state index contributed by atoms with van der Waals surface area (Å²) in [7, 11) is 3.06. The van der Waals surface area contributed by atoms with Crippen LogP contribution in [0.4, 0.5) is 0 Å². The van der Waals surface area contributed by atoms with Crippen molar-refractivity contribution in [3.8, 4) is 0 Å². The van der Waals surface area contributed by atoms with Crippen LogP contribution < -0.4 is 0 Å². The first-order valence-corrected chi connectivity index (χ1v) is 8.72. The van der Waals surface area contributed by atoms with Gasteiger partial charge in [-0.1, -0.05) is 36.4 Å². The molecule has 0 heterocycles. The second-order valence-electron chi connectivity index (χ2n) is 5.52. The summed E-state index contributed by atoms with van der Waals surface area (Å²) in [6.45, 7) is 14.1. The van der Waals surface area contributed by atoms with E-state index < -0.39 is 8.24 Å². The number of hydrogen-bond acceptors (Lipinski definition) is 1. The molecule has 1 rings (SSSR count). The minimum absolute atomic E-state index is 0. The summed E-state index contributed by atoms with van der Waals surface area (Å²) >= 11 is 0. The summed E-state index contributed by atoms with van der Waals surface area (Å²) in [6.07, 6.45) is 0. The first kappa shape index (κ1) is 24.0. The number of allylic oxidation sites excluding steroid dienone is 4. The topological polar surface area (TPSA) is 3.24 Å². The Kier molecular flexibility index (Phi) is 11.0. The summed E-state index contributed by atoms with van der Waals surface area (Å²) in [5.74, 6) is 0.661. The Bertz CT molecular complexity index is 349. The number of nitrogens with zero attached hydrogens (tertiary/aromatic N) is 1. The third-order valence-corrected chi connectivity index (χ3v) is 8.78. The Labute approximate surface area is 141 Å². The van der Waals surface area contributed by atoms with Crippen molar-refractivity contribution in [1.82, 2.24) is 4.57 Å². The predicted molar refractivity (Wildman–Crippen MR) is 85.9 cm³/mol. The van der Waals surface area contributed by atoms with Crippen molar-refractivity contribution >= 4 is 33.0 Å². The van der Waals surface area contributed by atoms with E-state index in [1.165, 1.54) is 5.57 Å². The Morgan fingerprint density at radius 1 is 0.944 bits per heavy atom. The van der Waals surface area contributed by atoms with Gasteiger partial charge in [0, 0.05) is 21.7 Å². The van der Waals surface area contributed by atoms with Gasteiger partial charge >= 0.3 is 0 Å². The summed E-state index contributed by atoms with van der Waals surface area (Å²) in [4.78, 5) is 0. The van der Waals surface area contributed by atoms with Crippen LogP contribution in [0.3, 0.4) is 0 Å². The Balaban J connectivity index is -0.000000750. The van der Waals surface area contributed by atoms with Crippen LogP contribution in [-0.2, 0) is 21.7 Å². The smallest absolute Gasteiger partial charge is 0.150 e. The van der Waals surface area contributed by atoms with Crippen LogP contribution >= 0.6 is 24.8 Å². The maximum atomic E-state index is 2.45. The molecular weight excluding hydrogens is 317 g/mol. The van der Waals surface area contributed by atoms with E-state index in [0.29, 0.717) is 5.92 Å². The molecule has 5 heteroatoms. The van der Waals surface area contributed by atoms with Crippen LogP contribution in [0.25, 0.3) is 0 Å². The third-order valence-electron chi connectivity index (χ3n) is 4.42. The summed E-state index contributed by atoms with van der Waals surface area (Å²) < 4.78 is 2.45. The average molecular weight is 344 g/mol. The van der Waals surface area contributed by atoms with E-state index in [2.05, 4.69) is 59.4 Å². The minimum Gasteiger partial charge on any atom is -0.326 e. The van der Waals surface area contributed by atoms with Crippen molar-refractivity contribution in [2.24, 2.45) is 5.92 Å². The van der Waals surface area contributed by atoms with Gasteiger partial charge in [-0.05, 0) is 46.4 Å². The van der Waals surface area contributed by atoms with Gasteiger partial charge in [-0.15, -0.1) is 24.8 Å². The van der Waals surface area contributed by atoms with Crippen LogP contribution in [-0.4, -0.2) is 26.9 Å². The van der Waals surface area contributed by atoms with Crippen molar-refractivity contribution in [2.75, 3.05) is 14.1 Å². The maximum absolute atomic E-state index is 2.45. The van der Waals surface area contributed by atoms with Crippen LogP contribution in [0.1, 0.15) is 27.7 Å². The van der Waals surface area contributed by atoms with Crippen LogP contribution in [0.5, 0.6) is 0 Å². The van der Waals surface area contributed by atoms with Crippen LogP contribution in [0, 0.1) is 5.92 Å². The van der Waals surface area contributed by atoms with E-state index in [1.54, 1.807) is 16.3 Å². The Morgan fingerprint density at radius 2 is 1.33 bits per heavy atom. The first-order chi connectivity index (χ1) is 6.71. The normalized spacial score (nSPS) is 19.5. The molecule has 0 aromatic rings. The van der Waals surface area contributed by atoms with Crippen molar-refractivity contribution in [3.05, 3.63) is 21.9 Å². The second kappa shape index (κ2) is 8.29. The summed E-state index contributed by atoms with van der Waals surface area (Å²) in [5, 5.41) is 1.72. The Morgan fingerprint density at radius 3 is 1.56 bits per heavy atom. The standard InChI is InChI=1S/C13H25NSi.2ClH.Ti/c1-9-10(2)12(4)13(11(9)3)15(7,8)14(5)6;;;/h11H,1-8H3;2*1H;. The van der Waals surface area contributed by atoms with E-state index in [-0.39, 0.29) is 46.5 Å². The van der Waals surface area contributed by atoms with Crippen molar-refractivity contribution < 1.29 is 21.7 Å². The van der Waals surface area contributed by atoms with Crippen molar-refractivity contribution in [1.29, 1.82) is 0 Å². The van der Waals surface area contributed by atoms with E-state index in [4.69, 9.17) is 0 Å². The molecule has 1 aliphatic rings. The third kappa shape index (κ3) is 3.97. The molecule has 1 atom stereocenters. The van der Waals surface area contributed by atoms with E-state index in [9.17, 15) is 0 Å². The molecule has 0 amide bonds. The molecule has 0 fully saturated rings. The van der Waals surface area contributed by atoms with E-state index >= 15 is 0 Å². The zero-order valence-electron chi connectivity index (χ0n) is 12.8. The largest absolute Gasteiger partial charge is 0.326 e. The average Bonchev–Trinajstić information content (AvgIpc) is 2.31. The molecule has 0 aromatic carbocycles. The molecule has 0 aliphatic heterocycles. The molecule has 1 nitrogen and oxygen atoms in total. The fourth-order valence-corrected chi connectivity index (χ4v) is 5.46. The minimum atomic E-state index is -1.39. The molecule has 1 aliphatic carbocycles. The van der Waals surface area contributed by atoms with Gasteiger partial charge in [0.25, 0.3) is 0 Å². The van der Waals surface area contributed by atoms with Gasteiger partial charge in [0.1, 0.15) is 0 Å². The fourth-order valence-electron chi connectivity index (χ4n) is 2.59. The van der Waals surface area contributed by atoms with E-state index in [1.807, 2.05) is 0 Å². The van der Waals surface area contributed by atoms with Gasteiger partial charge in [0.05, 0.1) is 0 Å². The predicted octanol–water partition coefficient (Wildman–Crippen LogP) is 4.44. The molecule has 0 aromatic heterocycles. The van der Waals surface area contributed by atoms with E-state index in [0.717, 1.165) is 0 Å². The van der Waals surface area contributed by atoms with Gasteiger partial charge in [0.2, 0.25) is 0 Å². The molecule has 1 unspecified atom stereocenters. The molecule has 0 spiro atoms. The van der Waals surface area contributed by atoms with Gasteiger partial charge in [-0.25, -0.2) is 0 Å². The number of rotatable bonds is 2. The van der Waals surface area contributed by atoms with Gasteiger partial charge < -0.3 is 4.57 Å². The number of halogens is 2. The molecule has 0 radical (unpaired) electrons. The molecule has 106 valence electrons. The van der Waals surface area contributed by atoms with Crippen LogP contribution in [0.2, 0.25) is 13.1 Å². The Hall–Kier alpha value is 0.951. The molecular formula is C13H27Cl2NSiTi. The molecule has 0 saturated carbocycles. The second-order valence-corrected chi connectivity index (χ2v) is 10.1. The first-order valence-electron chi connectivity index (χ1n) is 5.77. The molecule has 0 bridgehead atoms. The van der Waals surface area contributed by atoms with Crippen molar-refractivity contribution in [3.63, 3.8) is 0 Å². The quantitative estimate of drug-likeness (QED) is 0.670. The summed E-state index contributed by atoms with van der Waals surface area (Å²) in [6, 6.07) is 0. The molecule has 0 saturated heterocycles. The SMILES string of the molecule is CC1=C(C)C(C)C([Si](C)(C)N(C)C)=C1C.Cl.Cl.[Ti]. The zero-order chi connectivity index (χ0) is 12.0. The number of hydrogen-bond donors (Lipinski definition) is 0. The van der Waals surface area contributed by atoms with Crippen LogP contribution in [0.15, 0.2) is 21.9 Å². The van der Waals surface area contributed by atoms with Gasteiger partial charge in [0.15, 0.2) is 8.24 Å². The monoisotopic (exact) mass is 343 g/mol. The fraction of sp³-hybridized carbons (Fsp3) is 0.692. The van der Waals surface area contributed by atoms with Gasteiger partial charge in [-0.2, -0.15) is 0 Å². The van der Waals surface area contributed by atoms with Gasteiger partial charge in [-0.3, -0.25) is 0 Å². The molecule has 0 N–H and O–H groups in total. The molecule has 18 heavy (non-hydrogen) atoms. The zero-order valence-corrected chi connectivity index (χ0v) is 17.0.